The molecule has 196 valence electrons. The van der Waals surface area contributed by atoms with Crippen molar-refractivity contribution < 1.29 is 0 Å². The van der Waals surface area contributed by atoms with E-state index in [0.717, 1.165) is 25.7 Å². The fourth-order valence-corrected chi connectivity index (χ4v) is 8.83. The van der Waals surface area contributed by atoms with E-state index in [0.29, 0.717) is 0 Å². The zero-order valence-electron chi connectivity index (χ0n) is 23.1. The van der Waals surface area contributed by atoms with Gasteiger partial charge in [-0.25, -0.2) is 0 Å². The van der Waals surface area contributed by atoms with E-state index in [2.05, 4.69) is 123 Å². The summed E-state index contributed by atoms with van der Waals surface area (Å²) in [5, 5.41) is 5.45. The topological polar surface area (TPSA) is 14.8 Å². The molecule has 0 spiro atoms. The predicted molar refractivity (Wildman–Crippen MR) is 178 cm³/mol. The number of hydrogen-bond donors (Lipinski definition) is 0. The number of hydrogen-bond acceptors (Lipinski definition) is 0. The summed E-state index contributed by atoms with van der Waals surface area (Å²) in [5.74, 6) is 0. The molecule has 0 saturated carbocycles. The second-order valence-electron chi connectivity index (χ2n) is 12.3. The van der Waals surface area contributed by atoms with Gasteiger partial charge in [0.1, 0.15) is 0 Å². The number of aromatic nitrogens is 3. The lowest BCUT2D eigenvalue weighted by atomic mass is 9.35. The number of benzene rings is 4. The van der Waals surface area contributed by atoms with Crippen LogP contribution in [0.25, 0.3) is 66.8 Å². The van der Waals surface area contributed by atoms with Crippen molar-refractivity contribution >= 4 is 78.6 Å². The van der Waals surface area contributed by atoms with E-state index in [1.807, 2.05) is 0 Å². The molecular formula is C38H26BN3. The number of nitrogens with zero attached hydrogens (tertiary/aromatic N) is 3. The van der Waals surface area contributed by atoms with E-state index >= 15 is 0 Å². The van der Waals surface area contributed by atoms with E-state index in [9.17, 15) is 0 Å². The summed E-state index contributed by atoms with van der Waals surface area (Å²) in [6.45, 7) is 0.145. The Bertz CT molecular complexity index is 2470. The lowest BCUT2D eigenvalue weighted by Gasteiger charge is -2.33. The summed E-state index contributed by atoms with van der Waals surface area (Å²) in [6, 6.07) is 29.9. The molecule has 0 N–H and O–H groups in total. The summed E-state index contributed by atoms with van der Waals surface area (Å²) in [6.07, 6.45) is 15.9. The van der Waals surface area contributed by atoms with Gasteiger partial charge in [0.2, 0.25) is 0 Å². The van der Waals surface area contributed by atoms with Gasteiger partial charge in [-0.3, -0.25) is 0 Å². The SMILES string of the molecule is C1=CCCC(n2c3c(c4ccccc42)-n2c4ccccc4c4cc5c6c(n7c5c(c42)B3c2ccccc2-7)CCC=C6)=C1. The monoisotopic (exact) mass is 535 g/mol. The smallest absolute Gasteiger partial charge is 0.273 e. The molecule has 42 heavy (non-hydrogen) atoms. The number of rotatable bonds is 1. The lowest BCUT2D eigenvalue weighted by Crippen LogP contribution is -2.61. The summed E-state index contributed by atoms with van der Waals surface area (Å²) >= 11 is 0. The van der Waals surface area contributed by atoms with Gasteiger partial charge in [-0.1, -0.05) is 78.9 Å². The molecule has 4 aliphatic rings. The standard InChI is InChI=1S/C38H26BN3/c1-2-12-23(13-3-1)40-32-20-10-6-16-26(32)37-38(40)39-29-17-7-11-21-33(29)41-30-18-8-4-14-24(30)27-22-28-25-15-5-9-19-31(25)42(37)36(28)34(39)35(27)41/h1-2,4-7,9-12,14-17,19-22H,3,8,13,18H2. The van der Waals surface area contributed by atoms with Crippen molar-refractivity contribution in [2.75, 3.05) is 0 Å². The molecule has 0 amide bonds. The molecule has 11 rings (SSSR count). The molecule has 2 aliphatic heterocycles. The van der Waals surface area contributed by atoms with Gasteiger partial charge in [-0.2, -0.15) is 0 Å². The van der Waals surface area contributed by atoms with Crippen molar-refractivity contribution in [2.24, 2.45) is 0 Å². The van der Waals surface area contributed by atoms with Crippen LogP contribution in [0, 0.1) is 0 Å². The summed E-state index contributed by atoms with van der Waals surface area (Å²) in [7, 11) is 0. The molecule has 0 bridgehead atoms. The maximum Gasteiger partial charge on any atom is 0.273 e. The molecule has 0 atom stereocenters. The molecule has 0 unspecified atom stereocenters. The van der Waals surface area contributed by atoms with Crippen LogP contribution in [0.1, 0.15) is 30.5 Å². The highest BCUT2D eigenvalue weighted by Gasteiger charge is 2.44. The summed E-state index contributed by atoms with van der Waals surface area (Å²) < 4.78 is 7.90. The Morgan fingerprint density at radius 1 is 0.643 bits per heavy atom. The third kappa shape index (κ3) is 2.37. The molecule has 3 nitrogen and oxygen atoms in total. The fraction of sp³-hybridized carbons (Fsp3) is 0.105. The molecule has 0 saturated heterocycles. The van der Waals surface area contributed by atoms with Crippen molar-refractivity contribution in [2.45, 2.75) is 25.7 Å². The second-order valence-corrected chi connectivity index (χ2v) is 12.3. The van der Waals surface area contributed by atoms with Gasteiger partial charge in [-0.15, -0.1) is 0 Å². The van der Waals surface area contributed by atoms with Gasteiger partial charge >= 0.3 is 0 Å². The zero-order chi connectivity index (χ0) is 27.1. The Morgan fingerprint density at radius 2 is 1.40 bits per heavy atom. The number of para-hydroxylation sites is 3. The normalized spacial score (nSPS) is 16.1. The van der Waals surface area contributed by atoms with Crippen LogP contribution in [0.3, 0.4) is 0 Å². The predicted octanol–water partition coefficient (Wildman–Crippen LogP) is 6.98. The van der Waals surface area contributed by atoms with Crippen molar-refractivity contribution in [3.05, 3.63) is 114 Å². The molecule has 3 aromatic heterocycles. The number of allylic oxidation sites excluding steroid dienone is 5. The van der Waals surface area contributed by atoms with Crippen molar-refractivity contribution in [1.82, 2.24) is 13.7 Å². The molecule has 4 aromatic carbocycles. The van der Waals surface area contributed by atoms with Crippen LogP contribution in [0.2, 0.25) is 0 Å². The van der Waals surface area contributed by atoms with Crippen molar-refractivity contribution in [3.63, 3.8) is 0 Å². The van der Waals surface area contributed by atoms with Crippen molar-refractivity contribution in [1.29, 1.82) is 0 Å². The Labute approximate surface area is 243 Å². The van der Waals surface area contributed by atoms with E-state index in [-0.39, 0.29) is 6.71 Å². The quantitative estimate of drug-likeness (QED) is 0.202. The van der Waals surface area contributed by atoms with Crippen LogP contribution in [0.15, 0.2) is 103 Å². The highest BCUT2D eigenvalue weighted by atomic mass is 15.1. The first-order valence-electron chi connectivity index (χ1n) is 15.3. The minimum atomic E-state index is 0.145. The second kappa shape index (κ2) is 7.46. The third-order valence-corrected chi connectivity index (χ3v) is 10.3. The maximum absolute atomic E-state index is 2.64. The Balaban J connectivity index is 1.46. The average Bonchev–Trinajstić information content (AvgIpc) is 3.69. The summed E-state index contributed by atoms with van der Waals surface area (Å²) in [5.41, 5.74) is 16.7. The largest absolute Gasteiger partial charge is 0.323 e. The average molecular weight is 535 g/mol. The molecule has 5 heterocycles. The van der Waals surface area contributed by atoms with Gasteiger partial charge in [0.25, 0.3) is 6.71 Å². The van der Waals surface area contributed by atoms with Crippen LogP contribution in [0.4, 0.5) is 0 Å². The molecule has 0 radical (unpaired) electrons. The number of fused-ring (bicyclic) bond motifs is 14. The zero-order valence-corrected chi connectivity index (χ0v) is 23.1. The van der Waals surface area contributed by atoms with Crippen LogP contribution >= 0.6 is 0 Å². The molecule has 4 heteroatoms. The Morgan fingerprint density at radius 3 is 2.29 bits per heavy atom. The summed E-state index contributed by atoms with van der Waals surface area (Å²) in [4.78, 5) is 0. The van der Waals surface area contributed by atoms with E-state index in [4.69, 9.17) is 0 Å². The first-order valence-corrected chi connectivity index (χ1v) is 15.3. The van der Waals surface area contributed by atoms with E-state index < -0.39 is 0 Å². The highest BCUT2D eigenvalue weighted by Crippen LogP contribution is 2.44. The van der Waals surface area contributed by atoms with Gasteiger partial charge in [-0.05, 0) is 67.0 Å². The van der Waals surface area contributed by atoms with E-state index in [1.165, 1.54) is 88.5 Å². The molecule has 7 aromatic rings. The fourth-order valence-electron chi connectivity index (χ4n) is 8.83. The maximum atomic E-state index is 2.64. The molecular weight excluding hydrogens is 509 g/mol. The van der Waals surface area contributed by atoms with Gasteiger partial charge in [0.05, 0.1) is 27.8 Å². The van der Waals surface area contributed by atoms with Crippen LogP contribution in [0.5, 0.6) is 0 Å². The van der Waals surface area contributed by atoms with Gasteiger partial charge in [0.15, 0.2) is 0 Å². The van der Waals surface area contributed by atoms with Gasteiger partial charge in [0, 0.05) is 49.8 Å². The van der Waals surface area contributed by atoms with Gasteiger partial charge < -0.3 is 13.7 Å². The minimum Gasteiger partial charge on any atom is -0.323 e. The molecule has 0 fully saturated rings. The first kappa shape index (κ1) is 21.7. The van der Waals surface area contributed by atoms with Crippen molar-refractivity contribution in [3.8, 4) is 11.4 Å². The Hall–Kier alpha value is -4.96. The van der Waals surface area contributed by atoms with E-state index in [1.54, 1.807) is 0 Å². The minimum absolute atomic E-state index is 0.145. The van der Waals surface area contributed by atoms with Crippen LogP contribution in [-0.4, -0.2) is 20.4 Å². The lowest BCUT2D eigenvalue weighted by molar-refractivity contribution is 0.890. The third-order valence-electron chi connectivity index (χ3n) is 10.3. The van der Waals surface area contributed by atoms with Crippen LogP contribution in [-0.2, 0) is 6.42 Å². The van der Waals surface area contributed by atoms with Crippen LogP contribution < -0.4 is 16.5 Å². The first-order chi connectivity index (χ1) is 20.9. The Kier molecular flexibility index (Phi) is 3.86. The highest BCUT2D eigenvalue weighted by molar-refractivity contribution is 7.00. The molecule has 2 aliphatic carbocycles.